The second-order valence-electron chi connectivity index (χ2n) is 6.28. The van der Waals surface area contributed by atoms with Crippen LogP contribution < -0.4 is 5.32 Å². The van der Waals surface area contributed by atoms with E-state index in [-0.39, 0.29) is 0 Å². The van der Waals surface area contributed by atoms with Gasteiger partial charge in [0.15, 0.2) is 11.7 Å². The molecule has 0 aromatic carbocycles. The van der Waals surface area contributed by atoms with Gasteiger partial charge in [0, 0.05) is 50.2 Å². The summed E-state index contributed by atoms with van der Waals surface area (Å²) in [6, 6.07) is 6.07. The van der Waals surface area contributed by atoms with Gasteiger partial charge in [-0.3, -0.25) is 4.90 Å². The van der Waals surface area contributed by atoms with E-state index in [1.54, 1.807) is 11.3 Å². The molecule has 0 saturated carbocycles. The van der Waals surface area contributed by atoms with E-state index in [1.807, 2.05) is 12.1 Å². The topological polar surface area (TPSA) is 56.9 Å². The van der Waals surface area contributed by atoms with E-state index < -0.39 is 0 Å². The monoisotopic (exact) mass is 395 g/mol. The Balaban J connectivity index is 1.54. The Hall–Kier alpha value is -1.57. The zero-order chi connectivity index (χ0) is 18.4. The molecule has 1 aliphatic heterocycles. The first kappa shape index (κ1) is 19.2. The van der Waals surface area contributed by atoms with E-state index in [2.05, 4.69) is 40.2 Å². The lowest BCUT2D eigenvalue weighted by Crippen LogP contribution is -2.52. The molecule has 0 spiro atoms. The summed E-state index contributed by atoms with van der Waals surface area (Å²) in [6.07, 6.45) is 0.880. The maximum Gasteiger partial charge on any atom is 0.194 e. The third-order valence-electron chi connectivity index (χ3n) is 4.37. The molecule has 1 fully saturated rings. The fraction of sp³-hybridized carbons (Fsp3) is 0.556. The van der Waals surface area contributed by atoms with Crippen molar-refractivity contribution in [3.8, 4) is 0 Å². The van der Waals surface area contributed by atoms with Gasteiger partial charge >= 0.3 is 0 Å². The lowest BCUT2D eigenvalue weighted by Gasteiger charge is -2.36. The van der Waals surface area contributed by atoms with Crippen molar-refractivity contribution in [1.82, 2.24) is 20.3 Å². The van der Waals surface area contributed by atoms with E-state index >= 15 is 0 Å². The summed E-state index contributed by atoms with van der Waals surface area (Å²) in [7, 11) is 0. The normalized spacial score (nSPS) is 16.3. The first-order valence-corrected chi connectivity index (χ1v) is 10.3. The van der Waals surface area contributed by atoms with Crippen LogP contribution in [0.2, 0.25) is 4.34 Å². The van der Waals surface area contributed by atoms with Gasteiger partial charge in [0.25, 0.3) is 0 Å². The molecule has 0 unspecified atom stereocenters. The zero-order valence-electron chi connectivity index (χ0n) is 15.4. The van der Waals surface area contributed by atoms with Gasteiger partial charge in [0.2, 0.25) is 0 Å². The van der Waals surface area contributed by atoms with E-state index in [4.69, 9.17) is 21.1 Å². The summed E-state index contributed by atoms with van der Waals surface area (Å²) in [5.41, 5.74) is 0.975. The van der Waals surface area contributed by atoms with Crippen LogP contribution >= 0.6 is 22.9 Å². The molecular formula is C18H26ClN5OS. The SMILES string of the molecule is CCNC(=NCc1cc(CC)no1)N1CCN(Cc2ccc(Cl)s2)CC1. The molecule has 0 amide bonds. The number of aryl methyl sites for hydroxylation is 1. The van der Waals surface area contributed by atoms with Gasteiger partial charge in [-0.2, -0.15) is 0 Å². The van der Waals surface area contributed by atoms with Crippen molar-refractivity contribution in [3.05, 3.63) is 38.9 Å². The molecule has 1 N–H and O–H groups in total. The summed E-state index contributed by atoms with van der Waals surface area (Å²) < 4.78 is 6.20. The fourth-order valence-electron chi connectivity index (χ4n) is 2.95. The van der Waals surface area contributed by atoms with Gasteiger partial charge in [0.1, 0.15) is 6.54 Å². The molecule has 2 aromatic rings. The van der Waals surface area contributed by atoms with Crippen LogP contribution in [0.1, 0.15) is 30.2 Å². The average molecular weight is 396 g/mol. The minimum atomic E-state index is 0.517. The lowest BCUT2D eigenvalue weighted by atomic mass is 10.3. The summed E-state index contributed by atoms with van der Waals surface area (Å²) in [5, 5.41) is 7.42. The molecule has 2 aromatic heterocycles. The van der Waals surface area contributed by atoms with Crippen molar-refractivity contribution in [2.45, 2.75) is 33.4 Å². The molecule has 8 heteroatoms. The number of hydrogen-bond acceptors (Lipinski definition) is 5. The first-order chi connectivity index (χ1) is 12.7. The Bertz CT molecular complexity index is 721. The molecule has 142 valence electrons. The van der Waals surface area contributed by atoms with Crippen LogP contribution in [0.15, 0.2) is 27.7 Å². The maximum absolute atomic E-state index is 6.03. The number of piperazine rings is 1. The second-order valence-corrected chi connectivity index (χ2v) is 8.08. The predicted octanol–water partition coefficient (Wildman–Crippen LogP) is 3.24. The van der Waals surface area contributed by atoms with Gasteiger partial charge in [-0.15, -0.1) is 11.3 Å². The van der Waals surface area contributed by atoms with Crippen molar-refractivity contribution >= 4 is 28.9 Å². The quantitative estimate of drug-likeness (QED) is 0.601. The Morgan fingerprint density at radius 3 is 2.73 bits per heavy atom. The summed E-state index contributed by atoms with van der Waals surface area (Å²) in [4.78, 5) is 10.8. The number of hydrogen-bond donors (Lipinski definition) is 1. The van der Waals surface area contributed by atoms with E-state index in [0.29, 0.717) is 6.54 Å². The van der Waals surface area contributed by atoms with Crippen LogP contribution in [0.3, 0.4) is 0 Å². The van der Waals surface area contributed by atoms with Crippen LogP contribution in [-0.2, 0) is 19.5 Å². The molecule has 26 heavy (non-hydrogen) atoms. The Morgan fingerprint density at radius 1 is 1.31 bits per heavy atom. The van der Waals surface area contributed by atoms with Crippen LogP contribution in [0.5, 0.6) is 0 Å². The van der Waals surface area contributed by atoms with Crippen molar-refractivity contribution in [3.63, 3.8) is 0 Å². The maximum atomic E-state index is 6.03. The third kappa shape index (κ3) is 5.22. The summed E-state index contributed by atoms with van der Waals surface area (Å²) >= 11 is 7.69. The molecule has 0 bridgehead atoms. The van der Waals surface area contributed by atoms with Crippen molar-refractivity contribution in [2.24, 2.45) is 4.99 Å². The highest BCUT2D eigenvalue weighted by molar-refractivity contribution is 7.16. The number of halogens is 1. The van der Waals surface area contributed by atoms with E-state index in [1.165, 1.54) is 4.88 Å². The van der Waals surface area contributed by atoms with Gasteiger partial charge in [0.05, 0.1) is 10.0 Å². The van der Waals surface area contributed by atoms with Crippen molar-refractivity contribution in [1.29, 1.82) is 0 Å². The predicted molar refractivity (Wildman–Crippen MR) is 107 cm³/mol. The molecule has 0 aliphatic carbocycles. The number of thiophene rings is 1. The minimum Gasteiger partial charge on any atom is -0.359 e. The van der Waals surface area contributed by atoms with Gasteiger partial charge in [-0.05, 0) is 25.5 Å². The Morgan fingerprint density at radius 2 is 2.12 bits per heavy atom. The second kappa shape index (κ2) is 9.39. The summed E-state index contributed by atoms with van der Waals surface area (Å²) in [6.45, 7) is 10.4. The largest absolute Gasteiger partial charge is 0.359 e. The highest BCUT2D eigenvalue weighted by Crippen LogP contribution is 2.23. The third-order valence-corrected chi connectivity index (χ3v) is 5.59. The molecule has 0 radical (unpaired) electrons. The standard InChI is InChI=1S/C18H26ClN5OS/c1-3-14-11-15(25-22-14)12-21-18(20-4-2)24-9-7-23(8-10-24)13-16-5-6-17(19)26-16/h5-6,11H,3-4,7-10,12-13H2,1-2H3,(H,20,21). The smallest absolute Gasteiger partial charge is 0.194 e. The average Bonchev–Trinajstić information content (AvgIpc) is 3.28. The molecule has 3 rings (SSSR count). The molecule has 3 heterocycles. The van der Waals surface area contributed by atoms with E-state index in [0.717, 1.165) is 67.4 Å². The number of nitrogens with zero attached hydrogens (tertiary/aromatic N) is 4. The minimum absolute atomic E-state index is 0.517. The molecule has 1 saturated heterocycles. The number of guanidine groups is 1. The van der Waals surface area contributed by atoms with Crippen molar-refractivity contribution < 1.29 is 4.52 Å². The van der Waals surface area contributed by atoms with Gasteiger partial charge in [-0.1, -0.05) is 23.7 Å². The first-order valence-electron chi connectivity index (χ1n) is 9.12. The molecule has 6 nitrogen and oxygen atoms in total. The van der Waals surface area contributed by atoms with Gasteiger partial charge < -0.3 is 14.7 Å². The number of aromatic nitrogens is 1. The number of rotatable bonds is 6. The van der Waals surface area contributed by atoms with Crippen molar-refractivity contribution in [2.75, 3.05) is 32.7 Å². The number of nitrogens with one attached hydrogen (secondary N) is 1. The number of aliphatic imine (C=N–C) groups is 1. The Kier molecular flexibility index (Phi) is 6.93. The zero-order valence-corrected chi connectivity index (χ0v) is 16.9. The van der Waals surface area contributed by atoms with Crippen LogP contribution in [0, 0.1) is 0 Å². The van der Waals surface area contributed by atoms with Crippen LogP contribution in [0.4, 0.5) is 0 Å². The molecule has 0 atom stereocenters. The molecule has 1 aliphatic rings. The fourth-order valence-corrected chi connectivity index (χ4v) is 4.08. The lowest BCUT2D eigenvalue weighted by molar-refractivity contribution is 0.173. The highest BCUT2D eigenvalue weighted by Gasteiger charge is 2.20. The van der Waals surface area contributed by atoms with Crippen LogP contribution in [-0.4, -0.2) is 53.6 Å². The Labute approximate surface area is 163 Å². The molecular weight excluding hydrogens is 370 g/mol. The highest BCUT2D eigenvalue weighted by atomic mass is 35.5. The van der Waals surface area contributed by atoms with E-state index in [9.17, 15) is 0 Å². The van der Waals surface area contributed by atoms with Gasteiger partial charge in [-0.25, -0.2) is 4.99 Å². The summed E-state index contributed by atoms with van der Waals surface area (Å²) in [5.74, 6) is 1.76. The van der Waals surface area contributed by atoms with Crippen LogP contribution in [0.25, 0.3) is 0 Å².